The Kier molecular flexibility index (Phi) is 4.94. The Morgan fingerprint density at radius 1 is 1.50 bits per heavy atom. The lowest BCUT2D eigenvalue weighted by Crippen LogP contribution is -2.30. The lowest BCUT2D eigenvalue weighted by molar-refractivity contribution is 0.529. The van der Waals surface area contributed by atoms with E-state index in [-0.39, 0.29) is 0 Å². The van der Waals surface area contributed by atoms with Crippen LogP contribution < -0.4 is 5.32 Å². The van der Waals surface area contributed by atoms with Crippen molar-refractivity contribution in [2.45, 2.75) is 25.8 Å². The van der Waals surface area contributed by atoms with Gasteiger partial charge in [-0.05, 0) is 37.1 Å². The van der Waals surface area contributed by atoms with Crippen LogP contribution in [0.5, 0.6) is 0 Å². The first-order valence-electron chi connectivity index (χ1n) is 5.10. The predicted octanol–water partition coefficient (Wildman–Crippen LogP) is 2.18. The molecule has 2 nitrogen and oxygen atoms in total. The van der Waals surface area contributed by atoms with E-state index in [0.717, 1.165) is 19.4 Å². The van der Waals surface area contributed by atoms with Gasteiger partial charge < -0.3 is 5.32 Å². The maximum Gasteiger partial charge on any atom is 0.0270 e. The summed E-state index contributed by atoms with van der Waals surface area (Å²) in [5, 5.41) is 3.44. The highest BCUT2D eigenvalue weighted by atomic mass is 14.9. The molecular weight excluding hydrogens is 172 g/mol. The van der Waals surface area contributed by atoms with Crippen molar-refractivity contribution in [2.75, 3.05) is 6.54 Å². The van der Waals surface area contributed by atoms with E-state index in [1.807, 2.05) is 18.5 Å². The van der Waals surface area contributed by atoms with Gasteiger partial charge in [0.05, 0.1) is 0 Å². The minimum absolute atomic E-state index is 0.500. The van der Waals surface area contributed by atoms with Crippen molar-refractivity contribution in [1.29, 1.82) is 0 Å². The summed E-state index contributed by atoms with van der Waals surface area (Å²) in [6.07, 6.45) is 7.70. The number of aromatic nitrogens is 1. The van der Waals surface area contributed by atoms with Crippen molar-refractivity contribution in [3.8, 4) is 0 Å². The number of likely N-dealkylation sites (N-methyl/N-ethyl adjacent to an activating group) is 1. The fraction of sp³-hybridized carbons (Fsp3) is 0.417. The quantitative estimate of drug-likeness (QED) is 0.695. The SMILES string of the molecule is C=CCC(Cc1ccncc1)NCC. The zero-order chi connectivity index (χ0) is 10.2. The zero-order valence-corrected chi connectivity index (χ0v) is 8.74. The van der Waals surface area contributed by atoms with Gasteiger partial charge in [-0.15, -0.1) is 6.58 Å². The van der Waals surface area contributed by atoms with Crippen LogP contribution in [-0.4, -0.2) is 17.6 Å². The molecule has 0 aliphatic carbocycles. The number of pyridine rings is 1. The molecule has 2 heteroatoms. The zero-order valence-electron chi connectivity index (χ0n) is 8.74. The van der Waals surface area contributed by atoms with Crippen LogP contribution in [-0.2, 0) is 6.42 Å². The van der Waals surface area contributed by atoms with Crippen molar-refractivity contribution < 1.29 is 0 Å². The highest BCUT2D eigenvalue weighted by Crippen LogP contribution is 2.04. The van der Waals surface area contributed by atoms with Crippen LogP contribution in [0.3, 0.4) is 0 Å². The second kappa shape index (κ2) is 6.33. The standard InChI is InChI=1S/C12H18N2/c1-3-5-12(14-4-2)10-11-6-8-13-9-7-11/h3,6-9,12,14H,1,4-5,10H2,2H3. The van der Waals surface area contributed by atoms with Crippen molar-refractivity contribution in [1.82, 2.24) is 10.3 Å². The summed E-state index contributed by atoms with van der Waals surface area (Å²) in [6.45, 7) is 6.90. The molecule has 1 aromatic rings. The van der Waals surface area contributed by atoms with Gasteiger partial charge in [-0.1, -0.05) is 13.0 Å². The van der Waals surface area contributed by atoms with Gasteiger partial charge in [0.1, 0.15) is 0 Å². The Bertz CT molecular complexity index is 256. The monoisotopic (exact) mass is 190 g/mol. The van der Waals surface area contributed by atoms with Crippen molar-refractivity contribution in [3.63, 3.8) is 0 Å². The molecule has 0 aliphatic heterocycles. The third kappa shape index (κ3) is 3.71. The molecule has 1 N–H and O–H groups in total. The molecule has 0 saturated carbocycles. The molecule has 0 fully saturated rings. The molecule has 1 atom stereocenters. The summed E-state index contributed by atoms with van der Waals surface area (Å²) < 4.78 is 0. The van der Waals surface area contributed by atoms with E-state index in [1.54, 1.807) is 0 Å². The van der Waals surface area contributed by atoms with Crippen LogP contribution in [0.4, 0.5) is 0 Å². The first-order chi connectivity index (χ1) is 6.86. The number of hydrogen-bond donors (Lipinski definition) is 1. The topological polar surface area (TPSA) is 24.9 Å². The largest absolute Gasteiger partial charge is 0.314 e. The number of nitrogens with zero attached hydrogens (tertiary/aromatic N) is 1. The maximum atomic E-state index is 4.00. The predicted molar refractivity (Wildman–Crippen MR) is 60.2 cm³/mol. The van der Waals surface area contributed by atoms with Crippen LogP contribution in [0, 0.1) is 0 Å². The summed E-state index contributed by atoms with van der Waals surface area (Å²) in [5.74, 6) is 0. The minimum Gasteiger partial charge on any atom is -0.314 e. The summed E-state index contributed by atoms with van der Waals surface area (Å²) >= 11 is 0. The van der Waals surface area contributed by atoms with E-state index in [0.29, 0.717) is 6.04 Å². The van der Waals surface area contributed by atoms with Crippen LogP contribution >= 0.6 is 0 Å². The Hall–Kier alpha value is -1.15. The highest BCUT2D eigenvalue weighted by molar-refractivity contribution is 5.11. The van der Waals surface area contributed by atoms with E-state index in [2.05, 4.69) is 35.9 Å². The lowest BCUT2D eigenvalue weighted by atomic mass is 10.0. The van der Waals surface area contributed by atoms with Gasteiger partial charge in [0.15, 0.2) is 0 Å². The van der Waals surface area contributed by atoms with Gasteiger partial charge in [0, 0.05) is 18.4 Å². The van der Waals surface area contributed by atoms with Crippen LogP contribution in [0.15, 0.2) is 37.2 Å². The molecule has 0 saturated heterocycles. The number of rotatable bonds is 6. The summed E-state index contributed by atoms with van der Waals surface area (Å²) in [5.41, 5.74) is 1.33. The fourth-order valence-electron chi connectivity index (χ4n) is 1.53. The third-order valence-corrected chi connectivity index (χ3v) is 2.18. The molecule has 1 unspecified atom stereocenters. The molecule has 14 heavy (non-hydrogen) atoms. The Morgan fingerprint density at radius 2 is 2.21 bits per heavy atom. The maximum absolute atomic E-state index is 4.00. The van der Waals surface area contributed by atoms with Gasteiger partial charge in [0.25, 0.3) is 0 Å². The molecule has 0 spiro atoms. The second-order valence-corrected chi connectivity index (χ2v) is 3.34. The summed E-state index contributed by atoms with van der Waals surface area (Å²) in [6, 6.07) is 4.63. The number of hydrogen-bond acceptors (Lipinski definition) is 2. The third-order valence-electron chi connectivity index (χ3n) is 2.18. The summed E-state index contributed by atoms with van der Waals surface area (Å²) in [4.78, 5) is 4.00. The number of nitrogens with one attached hydrogen (secondary N) is 1. The van der Waals surface area contributed by atoms with Gasteiger partial charge in [0.2, 0.25) is 0 Å². The molecule has 0 bridgehead atoms. The fourth-order valence-corrected chi connectivity index (χ4v) is 1.53. The van der Waals surface area contributed by atoms with Crippen molar-refractivity contribution >= 4 is 0 Å². The van der Waals surface area contributed by atoms with Crippen LogP contribution in [0.2, 0.25) is 0 Å². The average Bonchev–Trinajstić information content (AvgIpc) is 2.20. The van der Waals surface area contributed by atoms with E-state index < -0.39 is 0 Å². The molecule has 76 valence electrons. The van der Waals surface area contributed by atoms with E-state index in [1.165, 1.54) is 5.56 Å². The smallest absolute Gasteiger partial charge is 0.0270 e. The van der Waals surface area contributed by atoms with Gasteiger partial charge in [-0.2, -0.15) is 0 Å². The van der Waals surface area contributed by atoms with E-state index >= 15 is 0 Å². The van der Waals surface area contributed by atoms with Gasteiger partial charge in [-0.25, -0.2) is 0 Å². The van der Waals surface area contributed by atoms with Crippen LogP contribution in [0.1, 0.15) is 18.9 Å². The van der Waals surface area contributed by atoms with Crippen molar-refractivity contribution in [3.05, 3.63) is 42.7 Å². The summed E-state index contributed by atoms with van der Waals surface area (Å²) in [7, 11) is 0. The molecule has 1 heterocycles. The molecular formula is C12H18N2. The van der Waals surface area contributed by atoms with Crippen molar-refractivity contribution in [2.24, 2.45) is 0 Å². The molecule has 1 aromatic heterocycles. The molecule has 0 aromatic carbocycles. The average molecular weight is 190 g/mol. The van der Waals surface area contributed by atoms with E-state index in [4.69, 9.17) is 0 Å². The normalized spacial score (nSPS) is 12.4. The Morgan fingerprint density at radius 3 is 2.79 bits per heavy atom. The molecule has 1 rings (SSSR count). The molecule has 0 aliphatic rings. The molecule has 0 amide bonds. The Balaban J connectivity index is 2.50. The first-order valence-corrected chi connectivity index (χ1v) is 5.10. The van der Waals surface area contributed by atoms with E-state index in [9.17, 15) is 0 Å². The molecule has 0 radical (unpaired) electrons. The van der Waals surface area contributed by atoms with Gasteiger partial charge in [-0.3, -0.25) is 4.98 Å². The lowest BCUT2D eigenvalue weighted by Gasteiger charge is -2.15. The van der Waals surface area contributed by atoms with Crippen LogP contribution in [0.25, 0.3) is 0 Å². The second-order valence-electron chi connectivity index (χ2n) is 3.34. The minimum atomic E-state index is 0.500. The Labute approximate surface area is 86.1 Å². The first kappa shape index (κ1) is 10.9. The van der Waals surface area contributed by atoms with Gasteiger partial charge >= 0.3 is 0 Å². The highest BCUT2D eigenvalue weighted by Gasteiger charge is 2.05.